The van der Waals surface area contributed by atoms with Crippen LogP contribution < -0.4 is 14.8 Å². The van der Waals surface area contributed by atoms with E-state index in [2.05, 4.69) is 21.2 Å². The van der Waals surface area contributed by atoms with E-state index >= 15 is 0 Å². The standard InChI is InChI=1S/C27H23BrCl2N2O3/c1-4-34-25-12-19(11-20(14-31)27(33)32-24-8-5-16(2)9-17(24)3)21(28)13-26(25)35-15-18-6-7-22(29)23(30)10-18/h5-13H,4,15H2,1-3H3,(H,32,33)/b20-11+. The third-order valence-electron chi connectivity index (χ3n) is 5.04. The van der Waals surface area contributed by atoms with Crippen molar-refractivity contribution in [2.24, 2.45) is 0 Å². The summed E-state index contributed by atoms with van der Waals surface area (Å²) in [6.45, 7) is 6.40. The van der Waals surface area contributed by atoms with Crippen LogP contribution >= 0.6 is 39.1 Å². The number of carbonyl (C=O) groups excluding carboxylic acids is 1. The normalized spacial score (nSPS) is 11.1. The number of carbonyl (C=O) groups is 1. The van der Waals surface area contributed by atoms with Crippen molar-refractivity contribution >= 4 is 56.8 Å². The molecule has 0 saturated carbocycles. The summed E-state index contributed by atoms with van der Waals surface area (Å²) in [4.78, 5) is 12.8. The molecule has 0 bridgehead atoms. The lowest BCUT2D eigenvalue weighted by Gasteiger charge is -2.15. The number of ether oxygens (including phenoxy) is 2. The van der Waals surface area contributed by atoms with Gasteiger partial charge in [0.25, 0.3) is 5.91 Å². The molecule has 180 valence electrons. The number of anilines is 1. The minimum atomic E-state index is -0.496. The second-order valence-corrected chi connectivity index (χ2v) is 9.40. The molecule has 1 N–H and O–H groups in total. The maximum absolute atomic E-state index is 12.8. The molecule has 35 heavy (non-hydrogen) atoms. The van der Waals surface area contributed by atoms with Gasteiger partial charge in [-0.2, -0.15) is 5.26 Å². The molecule has 0 saturated heterocycles. The second kappa shape index (κ2) is 12.1. The van der Waals surface area contributed by atoms with Crippen LogP contribution in [0.25, 0.3) is 6.08 Å². The lowest BCUT2D eigenvalue weighted by molar-refractivity contribution is -0.112. The van der Waals surface area contributed by atoms with E-state index in [1.165, 1.54) is 6.08 Å². The quantitative estimate of drug-likeness (QED) is 0.219. The molecule has 3 aromatic carbocycles. The molecule has 0 atom stereocenters. The Morgan fingerprint density at radius 2 is 1.80 bits per heavy atom. The molecule has 5 nitrogen and oxygen atoms in total. The third kappa shape index (κ3) is 7.02. The first-order valence-electron chi connectivity index (χ1n) is 10.7. The van der Waals surface area contributed by atoms with Gasteiger partial charge in [0.1, 0.15) is 18.2 Å². The largest absolute Gasteiger partial charge is 0.490 e. The van der Waals surface area contributed by atoms with Gasteiger partial charge in [-0.3, -0.25) is 4.79 Å². The van der Waals surface area contributed by atoms with Crippen LogP contribution in [0.15, 0.2) is 58.6 Å². The van der Waals surface area contributed by atoms with Crippen molar-refractivity contribution in [3.63, 3.8) is 0 Å². The number of benzene rings is 3. The van der Waals surface area contributed by atoms with Crippen LogP contribution in [0.3, 0.4) is 0 Å². The second-order valence-electron chi connectivity index (χ2n) is 7.73. The van der Waals surface area contributed by atoms with Crippen LogP contribution in [0.1, 0.15) is 29.2 Å². The van der Waals surface area contributed by atoms with Crippen LogP contribution in [-0.2, 0) is 11.4 Å². The zero-order valence-electron chi connectivity index (χ0n) is 19.4. The third-order valence-corrected chi connectivity index (χ3v) is 6.46. The predicted octanol–water partition coefficient (Wildman–Crippen LogP) is 7.90. The molecule has 0 aliphatic heterocycles. The van der Waals surface area contributed by atoms with Crippen LogP contribution in [0.4, 0.5) is 5.69 Å². The van der Waals surface area contributed by atoms with Crippen molar-refractivity contribution in [3.05, 3.63) is 90.9 Å². The van der Waals surface area contributed by atoms with Crippen LogP contribution in [0, 0.1) is 25.2 Å². The molecular weight excluding hydrogens is 551 g/mol. The van der Waals surface area contributed by atoms with E-state index in [9.17, 15) is 10.1 Å². The van der Waals surface area contributed by atoms with Crippen molar-refractivity contribution in [3.8, 4) is 17.6 Å². The Kier molecular flexibility index (Phi) is 9.22. The monoisotopic (exact) mass is 572 g/mol. The number of hydrogen-bond donors (Lipinski definition) is 1. The molecule has 3 aromatic rings. The Morgan fingerprint density at radius 1 is 1.06 bits per heavy atom. The van der Waals surface area contributed by atoms with Gasteiger partial charge < -0.3 is 14.8 Å². The average molecular weight is 574 g/mol. The first-order valence-corrected chi connectivity index (χ1v) is 12.3. The highest BCUT2D eigenvalue weighted by Gasteiger charge is 2.15. The van der Waals surface area contributed by atoms with Crippen LogP contribution in [-0.4, -0.2) is 12.5 Å². The Labute approximate surface area is 223 Å². The fourth-order valence-electron chi connectivity index (χ4n) is 3.28. The summed E-state index contributed by atoms with van der Waals surface area (Å²) in [6, 6.07) is 16.4. The lowest BCUT2D eigenvalue weighted by Crippen LogP contribution is -2.14. The number of amides is 1. The van der Waals surface area contributed by atoms with Gasteiger partial charge in [-0.15, -0.1) is 0 Å². The Bertz CT molecular complexity index is 1330. The van der Waals surface area contributed by atoms with Crippen molar-refractivity contribution in [1.29, 1.82) is 5.26 Å². The number of nitrogens with zero attached hydrogens (tertiary/aromatic N) is 1. The van der Waals surface area contributed by atoms with E-state index in [1.54, 1.807) is 24.3 Å². The van der Waals surface area contributed by atoms with Gasteiger partial charge in [-0.25, -0.2) is 0 Å². The lowest BCUT2D eigenvalue weighted by atomic mass is 10.1. The Morgan fingerprint density at radius 3 is 2.46 bits per heavy atom. The van der Waals surface area contributed by atoms with E-state index in [1.807, 2.05) is 51.1 Å². The molecule has 0 fully saturated rings. The fraction of sp³-hybridized carbons (Fsp3) is 0.185. The molecule has 0 unspecified atom stereocenters. The van der Waals surface area contributed by atoms with E-state index in [0.29, 0.717) is 43.9 Å². The van der Waals surface area contributed by atoms with Gasteiger partial charge in [0.05, 0.1) is 16.7 Å². The number of hydrogen-bond acceptors (Lipinski definition) is 4. The number of nitriles is 1. The van der Waals surface area contributed by atoms with Gasteiger partial charge in [0, 0.05) is 10.2 Å². The van der Waals surface area contributed by atoms with E-state index in [0.717, 1.165) is 16.7 Å². The molecule has 0 aliphatic carbocycles. The number of aryl methyl sites for hydroxylation is 2. The number of nitrogens with one attached hydrogen (secondary N) is 1. The molecule has 3 rings (SSSR count). The summed E-state index contributed by atoms with van der Waals surface area (Å²) in [5, 5.41) is 13.4. The van der Waals surface area contributed by atoms with Crippen LogP contribution in [0.5, 0.6) is 11.5 Å². The maximum atomic E-state index is 12.8. The summed E-state index contributed by atoms with van der Waals surface area (Å²) in [5.41, 5.74) is 4.06. The molecule has 8 heteroatoms. The topological polar surface area (TPSA) is 71.3 Å². The highest BCUT2D eigenvalue weighted by Crippen LogP contribution is 2.36. The molecule has 0 spiro atoms. The predicted molar refractivity (Wildman–Crippen MR) is 144 cm³/mol. The SMILES string of the molecule is CCOc1cc(/C=C(\C#N)C(=O)Nc2ccc(C)cc2C)c(Br)cc1OCc1ccc(Cl)c(Cl)c1. The zero-order valence-corrected chi connectivity index (χ0v) is 22.5. The highest BCUT2D eigenvalue weighted by molar-refractivity contribution is 9.10. The minimum absolute atomic E-state index is 0.0439. The average Bonchev–Trinajstić information content (AvgIpc) is 2.82. The van der Waals surface area contributed by atoms with E-state index < -0.39 is 5.91 Å². The maximum Gasteiger partial charge on any atom is 0.266 e. The first kappa shape index (κ1) is 26.6. The summed E-state index contributed by atoms with van der Waals surface area (Å²) in [6.07, 6.45) is 1.51. The number of halogens is 3. The smallest absolute Gasteiger partial charge is 0.266 e. The fourth-order valence-corrected chi connectivity index (χ4v) is 4.04. The summed E-state index contributed by atoms with van der Waals surface area (Å²) in [5.74, 6) is 0.485. The summed E-state index contributed by atoms with van der Waals surface area (Å²) in [7, 11) is 0. The summed E-state index contributed by atoms with van der Waals surface area (Å²) >= 11 is 15.6. The van der Waals surface area contributed by atoms with Crippen molar-refractivity contribution < 1.29 is 14.3 Å². The van der Waals surface area contributed by atoms with Gasteiger partial charge in [0.15, 0.2) is 11.5 Å². The van der Waals surface area contributed by atoms with Gasteiger partial charge in [-0.05, 0) is 73.9 Å². The first-order chi connectivity index (χ1) is 16.7. The molecular formula is C27H23BrCl2N2O3. The Hall–Kier alpha value is -2.98. The molecule has 0 aliphatic rings. The van der Waals surface area contributed by atoms with E-state index in [-0.39, 0.29) is 12.2 Å². The zero-order chi connectivity index (χ0) is 25.5. The van der Waals surface area contributed by atoms with E-state index in [4.69, 9.17) is 32.7 Å². The Balaban J connectivity index is 1.86. The van der Waals surface area contributed by atoms with Crippen molar-refractivity contribution in [1.82, 2.24) is 0 Å². The van der Waals surface area contributed by atoms with Gasteiger partial charge >= 0.3 is 0 Å². The van der Waals surface area contributed by atoms with Gasteiger partial charge in [0.2, 0.25) is 0 Å². The summed E-state index contributed by atoms with van der Waals surface area (Å²) < 4.78 is 12.4. The molecule has 0 heterocycles. The number of rotatable bonds is 8. The molecule has 1 amide bonds. The van der Waals surface area contributed by atoms with Crippen LogP contribution in [0.2, 0.25) is 10.0 Å². The minimum Gasteiger partial charge on any atom is -0.490 e. The highest BCUT2D eigenvalue weighted by atomic mass is 79.9. The van der Waals surface area contributed by atoms with Crippen molar-refractivity contribution in [2.45, 2.75) is 27.4 Å². The van der Waals surface area contributed by atoms with Crippen molar-refractivity contribution in [2.75, 3.05) is 11.9 Å². The van der Waals surface area contributed by atoms with Gasteiger partial charge in [-0.1, -0.05) is 62.9 Å². The molecule has 0 aromatic heterocycles. The molecule has 0 radical (unpaired) electrons.